The Bertz CT molecular complexity index is 5640. The van der Waals surface area contributed by atoms with Crippen molar-refractivity contribution in [3.8, 4) is 0 Å². The molecular weight excluding hydrogens is 1930 g/mol. The van der Waals surface area contributed by atoms with Crippen molar-refractivity contribution >= 4 is 149 Å². The Morgan fingerprint density at radius 1 is 0.369 bits per heavy atom. The number of aromatic nitrogens is 16. The number of hydrogen-bond acceptors (Lipinski definition) is 47. The maximum Gasteiger partial charge on any atom is 0.351 e. The van der Waals surface area contributed by atoms with E-state index in [1.807, 2.05) is 0 Å². The van der Waals surface area contributed by atoms with Crippen molar-refractivity contribution in [3.05, 3.63) is 92.8 Å². The minimum Gasteiger partial charge on any atom is -0.383 e. The van der Waals surface area contributed by atoms with Crippen molar-refractivity contribution < 1.29 is 141 Å². The lowest BCUT2D eigenvalue weighted by Crippen LogP contribution is -2.41. The van der Waals surface area contributed by atoms with Crippen LogP contribution in [0.4, 0.5) is 23.3 Å². The number of nitrogens with zero attached hydrogens (tertiary/aromatic N) is 15. The minimum atomic E-state index is -4.93. The first-order valence-corrected chi connectivity index (χ1v) is 52.8. The van der Waals surface area contributed by atoms with Gasteiger partial charge in [-0.2, -0.15) is 4.98 Å². The van der Waals surface area contributed by atoms with Crippen LogP contribution in [0.3, 0.4) is 0 Å². The number of nitrogens with two attached hydrogens (primary N) is 4. The van der Waals surface area contributed by atoms with Crippen molar-refractivity contribution in [1.82, 2.24) is 77.7 Å². The van der Waals surface area contributed by atoms with E-state index in [0.717, 1.165) is 9.13 Å². The van der Waals surface area contributed by atoms with Gasteiger partial charge in [0, 0.05) is 72.8 Å². The van der Waals surface area contributed by atoms with E-state index in [1.165, 1.54) is 116 Å². The fourth-order valence-electron chi connectivity index (χ4n) is 14.7. The normalized spacial score (nSPS) is 28.9. The van der Waals surface area contributed by atoms with Gasteiger partial charge in [0.25, 0.3) is 5.56 Å². The second kappa shape index (κ2) is 44.7. The van der Waals surface area contributed by atoms with Crippen molar-refractivity contribution in [1.29, 1.82) is 0 Å². The van der Waals surface area contributed by atoms with Crippen LogP contribution in [0, 0.1) is 13.8 Å². The maximum atomic E-state index is 14.0. The second-order valence-electron chi connectivity index (χ2n) is 29.4. The highest BCUT2D eigenvalue weighted by Gasteiger charge is 2.58. The first-order valence-electron chi connectivity index (χ1n) is 39.4. The van der Waals surface area contributed by atoms with Gasteiger partial charge in [-0.15, -0.1) is 0 Å². The standard InChI is InChI=1S/C67H99N20O33P5S5/c1-33-20-83(66(89)81-53(33)68)62-49(103-16-11-97-4)45(118-123(93,128)107-23-36-43(116-121(9,91)126)48(102-15-10-96-3)61(112-36)84-21-34(2)60(88)82-67(84)90)37(113-62)24-108-124(94,129)119-47-39(115-65(52(47)106-19-14-100-7)87-32-80-42-56(71)74-29-77-59(42)87)26-110-125(95,130)120-46-38(114-64(51(46)105-18-13-99-6)86-31-79-41-55(70)73-28-76-58(41)86)25-109-122(92,127)117-44-35(22-101-8)111-63(50(44)104-17-12-98-5)85-30-78-40-54(69)72-27-75-57(40)85/h20-21,27-32,35-39,43-52,61-65H,10-19,22-26H2,1-9H3,(H,91,126)(H,92,127)(H,93,128)(H,94,129)(H,95,130)(H2,68,81,89)(H2,69,72,75)(H2,70,73,76)(H2,71,74,77)(H,82,88,90)/t35-,36-,37-,38-,39-,43?,44?,45?,46?,47?,48+,49+,50+,51+,52+,61-,62-,63-,64-,65-,121?,122?,123?,124?,125?/m1/s1. The summed E-state index contributed by atoms with van der Waals surface area (Å²) in [5, 5.41) is 0. The van der Waals surface area contributed by atoms with Crippen molar-refractivity contribution in [2.24, 2.45) is 0 Å². The highest BCUT2D eigenvalue weighted by Crippen LogP contribution is 2.58. The molecule has 25 atom stereocenters. The Kier molecular flexibility index (Phi) is 35.0. The lowest BCUT2D eigenvalue weighted by Gasteiger charge is -2.31. The first-order chi connectivity index (χ1) is 62.0. The summed E-state index contributed by atoms with van der Waals surface area (Å²) in [4.78, 5) is 147. The van der Waals surface area contributed by atoms with Crippen molar-refractivity contribution in [2.45, 2.75) is 137 Å². The van der Waals surface area contributed by atoms with E-state index in [4.69, 9.17) is 198 Å². The SMILES string of the molecule is COCCO[C@H]1C(OP(O)(=S)OC[C@H]2O[C@@H](n3cc(C)c(=O)[nH]c3=O)[C@@H](OCCOC)C2OP(C)(O)=S)[C@@H](COP(O)(=S)OC2[C@@H](COP(O)(=S)OC3[C@@H](COP(O)(=S)OC4[C@@H](COC)O[C@@H](n5cnc6c(N)ncnc65)[C@H]4OCCOC)O[C@@H](n4cnc5c(N)ncnc54)[C@H]3OCCOC)O[C@@H](n3cnc4c(N)ncnc43)[C@H]2OCCOC)O[C@H]1n1cc(C)c(N)nc1=O. The monoisotopic (exact) mass is 2030 g/mol. The average Bonchev–Trinajstić information content (AvgIpc) is 1.63. The molecule has 14 N–H and O–H groups in total. The zero-order chi connectivity index (χ0) is 93.3. The Hall–Kier alpha value is -5.54. The predicted molar refractivity (Wildman–Crippen MR) is 469 cm³/mol. The number of nitrogens with one attached hydrogen (secondary N) is 1. The van der Waals surface area contributed by atoms with Gasteiger partial charge >= 0.3 is 38.3 Å². The molecular formula is C67H99N20O33P5S5. The van der Waals surface area contributed by atoms with Crippen molar-refractivity contribution in [3.63, 3.8) is 0 Å². The highest BCUT2D eigenvalue weighted by atomic mass is 32.5. The average molecular weight is 2030 g/mol. The van der Waals surface area contributed by atoms with E-state index < -0.39 is 199 Å². The van der Waals surface area contributed by atoms with Crippen LogP contribution in [-0.2, 0) is 176 Å². The van der Waals surface area contributed by atoms with Crippen LogP contribution >= 0.6 is 33.4 Å². The maximum absolute atomic E-state index is 14.0. The lowest BCUT2D eigenvalue weighted by molar-refractivity contribution is -0.0834. The summed E-state index contributed by atoms with van der Waals surface area (Å²) in [5.74, 6) is -0.102. The summed E-state index contributed by atoms with van der Waals surface area (Å²) in [6, 6.07) is 0. The topological polar surface area (TPSA) is 657 Å². The summed E-state index contributed by atoms with van der Waals surface area (Å²) in [6.45, 7) is -22.8. The molecule has 5 aliphatic heterocycles. The molecule has 0 amide bonds. The van der Waals surface area contributed by atoms with Gasteiger partial charge < -0.3 is 146 Å². The van der Waals surface area contributed by atoms with Gasteiger partial charge in [-0.1, -0.05) is 0 Å². The Morgan fingerprint density at radius 2 is 0.654 bits per heavy atom. The van der Waals surface area contributed by atoms with Crippen molar-refractivity contribution in [2.75, 3.05) is 171 Å². The number of hydrogen-bond donors (Lipinski definition) is 10. The molecule has 5 saturated heterocycles. The largest absolute Gasteiger partial charge is 0.383 e. The van der Waals surface area contributed by atoms with E-state index in [9.17, 15) is 38.9 Å². The summed E-state index contributed by atoms with van der Waals surface area (Å²) in [7, 11) is 8.52. The molecule has 0 spiro atoms. The van der Waals surface area contributed by atoms with Crippen LogP contribution in [0.5, 0.6) is 0 Å². The minimum absolute atomic E-state index is 0.00692. The van der Waals surface area contributed by atoms with Crippen LogP contribution in [0.1, 0.15) is 42.3 Å². The third-order valence-electron chi connectivity index (χ3n) is 20.5. The number of methoxy groups -OCH3 is 6. The van der Waals surface area contributed by atoms with Gasteiger partial charge in [0.15, 0.2) is 72.0 Å². The number of imidazole rings is 3. The molecule has 720 valence electrons. The molecule has 13 rings (SSSR count). The third-order valence-corrected chi connectivity index (χ3v) is 27.7. The van der Waals surface area contributed by atoms with Crippen LogP contribution < -0.4 is 39.9 Å². The van der Waals surface area contributed by atoms with Gasteiger partial charge in [0.2, 0.25) is 0 Å². The number of aryl methyl sites for hydroxylation is 2. The fraction of sp³-hybridized carbons (Fsp3) is 0.657. The number of aromatic amines is 1. The molecule has 53 nitrogen and oxygen atoms in total. The van der Waals surface area contributed by atoms with E-state index in [-0.39, 0.29) is 141 Å². The highest BCUT2D eigenvalue weighted by molar-refractivity contribution is 8.09. The summed E-state index contributed by atoms with van der Waals surface area (Å²) >= 11 is 28.8. The third kappa shape index (κ3) is 24.3. The summed E-state index contributed by atoms with van der Waals surface area (Å²) in [6.07, 6.45) is -18.3. The molecule has 0 saturated carbocycles. The molecule has 5 aliphatic rings. The van der Waals surface area contributed by atoms with Gasteiger partial charge in [0.05, 0.1) is 118 Å². The second-order valence-corrected chi connectivity index (χ2v) is 44.4. The van der Waals surface area contributed by atoms with Crippen LogP contribution in [-0.4, -0.2) is 342 Å². The van der Waals surface area contributed by atoms with E-state index >= 15 is 0 Å². The molecule has 10 unspecified atom stereocenters. The molecule has 0 radical (unpaired) electrons. The molecule has 5 fully saturated rings. The van der Waals surface area contributed by atoms with E-state index in [0.29, 0.717) is 0 Å². The van der Waals surface area contributed by atoms with Gasteiger partial charge in [-0.25, -0.2) is 54.4 Å². The Morgan fingerprint density at radius 3 is 0.954 bits per heavy atom. The van der Waals surface area contributed by atoms with Crippen LogP contribution in [0.2, 0.25) is 0 Å². The number of ether oxygens (including phenoxy) is 16. The van der Waals surface area contributed by atoms with Gasteiger partial charge in [0.1, 0.15) is 133 Å². The zero-order valence-corrected chi connectivity index (χ0v) is 79.3. The molecule has 8 aromatic heterocycles. The molecule has 13 heterocycles. The molecule has 0 aromatic carbocycles. The summed E-state index contributed by atoms with van der Waals surface area (Å²) < 4.78 is 161. The molecule has 63 heteroatoms. The van der Waals surface area contributed by atoms with E-state index in [1.54, 1.807) is 11.5 Å². The lowest BCUT2D eigenvalue weighted by atomic mass is 10.1. The number of anilines is 4. The van der Waals surface area contributed by atoms with Crippen LogP contribution in [0.15, 0.2) is 64.7 Å². The molecule has 0 bridgehead atoms. The molecule has 8 aromatic rings. The zero-order valence-electron chi connectivity index (χ0n) is 70.7. The molecule has 130 heavy (non-hydrogen) atoms. The number of fused-ring (bicyclic) bond motifs is 3. The molecule has 0 aliphatic carbocycles. The first kappa shape index (κ1) is 102. The summed E-state index contributed by atoms with van der Waals surface area (Å²) in [5.41, 5.74) is 23.8. The smallest absolute Gasteiger partial charge is 0.351 e. The van der Waals surface area contributed by atoms with Gasteiger partial charge in [-0.3, -0.25) is 50.7 Å². The van der Waals surface area contributed by atoms with E-state index in [2.05, 4.69) is 54.8 Å². The van der Waals surface area contributed by atoms with Gasteiger partial charge in [-0.05, 0) is 72.9 Å². The number of H-pyrrole nitrogens is 1. The fourth-order valence-corrected chi connectivity index (χ4v) is 21.5. The van der Waals surface area contributed by atoms with Crippen LogP contribution in [0.25, 0.3) is 33.5 Å². The number of rotatable bonds is 49. The quantitative estimate of drug-likeness (QED) is 0.0167. The Balaban J connectivity index is 0.806. The Labute approximate surface area is 764 Å². The number of nitrogen functional groups attached to an aromatic ring is 4. The predicted octanol–water partition coefficient (Wildman–Crippen LogP) is -0.659.